The van der Waals surface area contributed by atoms with Gasteiger partial charge in [0, 0.05) is 25.6 Å². The van der Waals surface area contributed by atoms with Gasteiger partial charge in [-0.25, -0.2) is 4.98 Å². The third kappa shape index (κ3) is 3.13. The van der Waals surface area contributed by atoms with Crippen molar-refractivity contribution in [3.05, 3.63) is 30.1 Å². The zero-order valence-corrected chi connectivity index (χ0v) is 13.3. The molecule has 1 aliphatic rings. The van der Waals surface area contributed by atoms with Crippen molar-refractivity contribution in [2.24, 2.45) is 5.92 Å². The summed E-state index contributed by atoms with van der Waals surface area (Å²) in [4.78, 5) is 4.75. The van der Waals surface area contributed by atoms with E-state index in [1.807, 2.05) is 0 Å². The van der Waals surface area contributed by atoms with Crippen molar-refractivity contribution in [1.82, 2.24) is 14.9 Å². The molecule has 0 aliphatic heterocycles. The van der Waals surface area contributed by atoms with Crippen LogP contribution >= 0.6 is 0 Å². The molecule has 3 heteroatoms. The van der Waals surface area contributed by atoms with Gasteiger partial charge in [0.1, 0.15) is 5.82 Å². The molecule has 1 saturated carbocycles. The first-order valence-corrected chi connectivity index (χ1v) is 8.47. The third-order valence-corrected chi connectivity index (χ3v) is 4.90. The Morgan fingerprint density at radius 1 is 1.24 bits per heavy atom. The van der Waals surface area contributed by atoms with Crippen molar-refractivity contribution in [2.45, 2.75) is 58.5 Å². The van der Waals surface area contributed by atoms with Gasteiger partial charge in [0.05, 0.1) is 11.0 Å². The number of nitrogens with zero attached hydrogens (tertiary/aromatic N) is 2. The fraction of sp³-hybridized carbons (Fsp3) is 0.611. The van der Waals surface area contributed by atoms with Gasteiger partial charge in [0.25, 0.3) is 0 Å². The Morgan fingerprint density at radius 3 is 2.86 bits per heavy atom. The van der Waals surface area contributed by atoms with Crippen molar-refractivity contribution < 1.29 is 0 Å². The molecule has 1 aromatic carbocycles. The van der Waals surface area contributed by atoms with Crippen LogP contribution in [-0.2, 0) is 13.0 Å². The van der Waals surface area contributed by atoms with Crippen molar-refractivity contribution in [1.29, 1.82) is 0 Å². The van der Waals surface area contributed by atoms with E-state index in [2.05, 4.69) is 48.0 Å². The van der Waals surface area contributed by atoms with Crippen LogP contribution in [0.25, 0.3) is 11.0 Å². The van der Waals surface area contributed by atoms with Gasteiger partial charge in [-0.2, -0.15) is 0 Å². The number of imidazole rings is 1. The van der Waals surface area contributed by atoms with Gasteiger partial charge in [0.15, 0.2) is 0 Å². The first-order chi connectivity index (χ1) is 10.3. The topological polar surface area (TPSA) is 29.9 Å². The Kier molecular flexibility index (Phi) is 4.59. The molecule has 0 saturated heterocycles. The van der Waals surface area contributed by atoms with Gasteiger partial charge < -0.3 is 9.88 Å². The van der Waals surface area contributed by atoms with Crippen molar-refractivity contribution in [3.8, 4) is 0 Å². The van der Waals surface area contributed by atoms with Crippen LogP contribution < -0.4 is 5.32 Å². The number of para-hydroxylation sites is 2. The molecule has 2 atom stereocenters. The summed E-state index contributed by atoms with van der Waals surface area (Å²) in [6.45, 7) is 6.64. The van der Waals surface area contributed by atoms with E-state index in [0.717, 1.165) is 30.9 Å². The lowest BCUT2D eigenvalue weighted by Crippen LogP contribution is -2.38. The van der Waals surface area contributed by atoms with Crippen LogP contribution in [0.2, 0.25) is 0 Å². The largest absolute Gasteiger partial charge is 0.327 e. The monoisotopic (exact) mass is 285 g/mol. The lowest BCUT2D eigenvalue weighted by atomic mass is 9.86. The fourth-order valence-electron chi connectivity index (χ4n) is 3.63. The first-order valence-electron chi connectivity index (χ1n) is 8.47. The van der Waals surface area contributed by atoms with Crippen LogP contribution in [0.3, 0.4) is 0 Å². The molecule has 3 nitrogen and oxygen atoms in total. The zero-order valence-electron chi connectivity index (χ0n) is 13.3. The number of fused-ring (bicyclic) bond motifs is 1. The molecule has 1 heterocycles. The van der Waals surface area contributed by atoms with Crippen LogP contribution in [0.1, 0.15) is 45.4 Å². The second kappa shape index (κ2) is 6.61. The smallest absolute Gasteiger partial charge is 0.109 e. The highest BCUT2D eigenvalue weighted by Crippen LogP contribution is 2.23. The molecule has 1 fully saturated rings. The average molecular weight is 285 g/mol. The van der Waals surface area contributed by atoms with E-state index >= 15 is 0 Å². The molecule has 0 spiro atoms. The third-order valence-electron chi connectivity index (χ3n) is 4.90. The maximum atomic E-state index is 4.75. The van der Waals surface area contributed by atoms with Gasteiger partial charge in [-0.1, -0.05) is 38.8 Å². The van der Waals surface area contributed by atoms with E-state index in [1.165, 1.54) is 37.0 Å². The molecule has 21 heavy (non-hydrogen) atoms. The molecule has 0 amide bonds. The minimum absolute atomic E-state index is 0.707. The van der Waals surface area contributed by atoms with Crippen LogP contribution in [0.15, 0.2) is 24.3 Å². The van der Waals surface area contributed by atoms with Crippen molar-refractivity contribution in [2.75, 3.05) is 6.54 Å². The van der Waals surface area contributed by atoms with Crippen LogP contribution in [0, 0.1) is 5.92 Å². The van der Waals surface area contributed by atoms with Gasteiger partial charge in [-0.3, -0.25) is 0 Å². The second-order valence-electron chi connectivity index (χ2n) is 6.34. The van der Waals surface area contributed by atoms with Gasteiger partial charge in [0.2, 0.25) is 0 Å². The quantitative estimate of drug-likeness (QED) is 0.906. The molecule has 1 N–H and O–H groups in total. The van der Waals surface area contributed by atoms with E-state index in [0.29, 0.717) is 6.04 Å². The molecular formula is C18H27N3. The van der Waals surface area contributed by atoms with Gasteiger partial charge in [-0.15, -0.1) is 0 Å². The lowest BCUT2D eigenvalue weighted by Gasteiger charge is -2.29. The molecule has 0 bridgehead atoms. The lowest BCUT2D eigenvalue weighted by molar-refractivity contribution is 0.278. The summed E-state index contributed by atoms with van der Waals surface area (Å²) in [6, 6.07) is 9.18. The molecule has 1 aliphatic carbocycles. The summed E-state index contributed by atoms with van der Waals surface area (Å²) < 4.78 is 2.38. The summed E-state index contributed by atoms with van der Waals surface area (Å²) >= 11 is 0. The summed E-state index contributed by atoms with van der Waals surface area (Å²) in [5.41, 5.74) is 2.40. The Bertz CT molecular complexity index is 587. The van der Waals surface area contributed by atoms with E-state index in [4.69, 9.17) is 4.98 Å². The number of rotatable bonds is 5. The Balaban J connectivity index is 1.67. The maximum absolute atomic E-state index is 4.75. The summed E-state index contributed by atoms with van der Waals surface area (Å²) in [5, 5.41) is 3.78. The van der Waals surface area contributed by atoms with Gasteiger partial charge in [-0.05, 0) is 30.9 Å². The Hall–Kier alpha value is -1.35. The number of aromatic nitrogens is 2. The van der Waals surface area contributed by atoms with E-state index in [1.54, 1.807) is 0 Å². The molecule has 0 radical (unpaired) electrons. The Morgan fingerprint density at radius 2 is 2.05 bits per heavy atom. The van der Waals surface area contributed by atoms with Crippen LogP contribution in [0.5, 0.6) is 0 Å². The molecule has 2 aromatic rings. The summed E-state index contributed by atoms with van der Waals surface area (Å²) in [7, 11) is 0. The predicted octanol–water partition coefficient (Wildman–Crippen LogP) is 3.77. The Labute approximate surface area is 127 Å². The maximum Gasteiger partial charge on any atom is 0.109 e. The minimum atomic E-state index is 0.707. The standard InChI is InChI=1S/C18H27N3/c1-3-18-20-16-10-6-7-11-17(16)21(18)13-12-19-15-9-5-4-8-14(15)2/h6-7,10-11,14-15,19H,3-5,8-9,12-13H2,1-2H3. The molecule has 2 unspecified atom stereocenters. The average Bonchev–Trinajstić information content (AvgIpc) is 2.87. The highest BCUT2D eigenvalue weighted by Gasteiger charge is 2.20. The second-order valence-corrected chi connectivity index (χ2v) is 6.34. The summed E-state index contributed by atoms with van der Waals surface area (Å²) in [6.07, 6.45) is 6.51. The number of benzene rings is 1. The molecule has 1 aromatic heterocycles. The number of hydrogen-bond acceptors (Lipinski definition) is 2. The minimum Gasteiger partial charge on any atom is -0.327 e. The number of aryl methyl sites for hydroxylation is 1. The highest BCUT2D eigenvalue weighted by atomic mass is 15.1. The van der Waals surface area contributed by atoms with Gasteiger partial charge >= 0.3 is 0 Å². The van der Waals surface area contributed by atoms with E-state index < -0.39 is 0 Å². The van der Waals surface area contributed by atoms with Crippen molar-refractivity contribution >= 4 is 11.0 Å². The SMILES string of the molecule is CCc1nc2ccccc2n1CCNC1CCCCC1C. The molecule has 114 valence electrons. The predicted molar refractivity (Wildman–Crippen MR) is 88.5 cm³/mol. The van der Waals surface area contributed by atoms with Crippen LogP contribution in [0.4, 0.5) is 0 Å². The van der Waals surface area contributed by atoms with E-state index in [9.17, 15) is 0 Å². The summed E-state index contributed by atoms with van der Waals surface area (Å²) in [5.74, 6) is 2.03. The van der Waals surface area contributed by atoms with E-state index in [-0.39, 0.29) is 0 Å². The van der Waals surface area contributed by atoms with Crippen LogP contribution in [-0.4, -0.2) is 22.1 Å². The molecular weight excluding hydrogens is 258 g/mol. The molecule has 3 rings (SSSR count). The van der Waals surface area contributed by atoms with Crippen molar-refractivity contribution in [3.63, 3.8) is 0 Å². The highest BCUT2D eigenvalue weighted by molar-refractivity contribution is 5.75. The number of nitrogens with one attached hydrogen (secondary N) is 1. The first kappa shape index (κ1) is 14.6. The number of hydrogen-bond donors (Lipinski definition) is 1. The zero-order chi connectivity index (χ0) is 14.7. The normalized spacial score (nSPS) is 22.8. The fourth-order valence-corrected chi connectivity index (χ4v) is 3.63.